The smallest absolute Gasteiger partial charge is 0.357 e. The van der Waals surface area contributed by atoms with Crippen molar-refractivity contribution >= 4 is 41.5 Å². The summed E-state index contributed by atoms with van der Waals surface area (Å²) in [4.78, 5) is 20.1. The molecule has 1 amide bonds. The molecule has 2 aliphatic heterocycles. The van der Waals surface area contributed by atoms with Gasteiger partial charge in [-0.2, -0.15) is 13.2 Å². The molecule has 29 heavy (non-hydrogen) atoms. The van der Waals surface area contributed by atoms with Crippen molar-refractivity contribution in [3.05, 3.63) is 29.8 Å². The molecular weight excluding hydrogens is 498 g/mol. The fourth-order valence-electron chi connectivity index (χ4n) is 3.69. The monoisotopic (exact) mass is 525 g/mol. The number of likely N-dealkylation sites (tertiary alicyclic amines) is 1. The Morgan fingerprint density at radius 1 is 1.28 bits per heavy atom. The van der Waals surface area contributed by atoms with Crippen LogP contribution in [0.2, 0.25) is 0 Å². The predicted molar refractivity (Wildman–Crippen MR) is 118 cm³/mol. The molecule has 2 aliphatic rings. The van der Waals surface area contributed by atoms with Crippen LogP contribution in [0.25, 0.3) is 0 Å². The first-order valence-corrected chi connectivity index (χ1v) is 9.58. The number of rotatable bonds is 5. The predicted octanol–water partition coefficient (Wildman–Crippen LogP) is 2.39. The molecule has 1 saturated heterocycles. The van der Waals surface area contributed by atoms with E-state index in [0.717, 1.165) is 17.7 Å². The maximum atomic E-state index is 12.6. The second kappa shape index (κ2) is 10.5. The molecule has 1 unspecified atom stereocenters. The molecule has 1 aromatic rings. The van der Waals surface area contributed by atoms with Gasteiger partial charge in [0.05, 0.1) is 6.54 Å². The highest BCUT2D eigenvalue weighted by atomic mass is 127. The number of hydrogen-bond donors (Lipinski definition) is 2. The summed E-state index contributed by atoms with van der Waals surface area (Å²) < 4.78 is 37.6. The molecule has 0 aromatic heterocycles. The van der Waals surface area contributed by atoms with Crippen molar-refractivity contribution < 1.29 is 18.0 Å². The van der Waals surface area contributed by atoms with Crippen LogP contribution in [0.5, 0.6) is 0 Å². The summed E-state index contributed by atoms with van der Waals surface area (Å²) in [6.07, 6.45) is -2.75. The van der Waals surface area contributed by atoms with Crippen LogP contribution < -0.4 is 15.5 Å². The first-order valence-electron chi connectivity index (χ1n) is 9.58. The van der Waals surface area contributed by atoms with Crippen LogP contribution in [-0.4, -0.2) is 68.3 Å². The average Bonchev–Trinajstić information content (AvgIpc) is 3.25. The van der Waals surface area contributed by atoms with E-state index in [2.05, 4.69) is 15.6 Å². The highest BCUT2D eigenvalue weighted by Crippen LogP contribution is 2.27. The van der Waals surface area contributed by atoms with Gasteiger partial charge in [0.1, 0.15) is 6.54 Å². The average molecular weight is 525 g/mol. The zero-order valence-electron chi connectivity index (χ0n) is 16.3. The quantitative estimate of drug-likeness (QED) is 0.353. The molecule has 3 rings (SSSR count). The zero-order valence-corrected chi connectivity index (χ0v) is 18.7. The van der Waals surface area contributed by atoms with E-state index >= 15 is 0 Å². The van der Waals surface area contributed by atoms with Gasteiger partial charge in [-0.1, -0.05) is 18.2 Å². The topological polar surface area (TPSA) is 60.0 Å². The first-order chi connectivity index (χ1) is 13.4. The number of alkyl halides is 3. The van der Waals surface area contributed by atoms with Crippen molar-refractivity contribution in [3.63, 3.8) is 0 Å². The maximum absolute atomic E-state index is 12.6. The number of anilines is 1. The lowest BCUT2D eigenvalue weighted by Crippen LogP contribution is -2.45. The van der Waals surface area contributed by atoms with Gasteiger partial charge in [0.15, 0.2) is 5.96 Å². The van der Waals surface area contributed by atoms with Gasteiger partial charge in [-0.05, 0) is 31.4 Å². The minimum Gasteiger partial charge on any atom is -0.357 e. The van der Waals surface area contributed by atoms with Gasteiger partial charge in [-0.15, -0.1) is 24.0 Å². The number of benzene rings is 1. The third kappa shape index (κ3) is 6.73. The summed E-state index contributed by atoms with van der Waals surface area (Å²) in [7, 11) is 0. The van der Waals surface area contributed by atoms with E-state index in [1.807, 2.05) is 31.2 Å². The highest BCUT2D eigenvalue weighted by molar-refractivity contribution is 14.0. The largest absolute Gasteiger partial charge is 0.401 e. The summed E-state index contributed by atoms with van der Waals surface area (Å²) in [5.74, 6) is 0.370. The van der Waals surface area contributed by atoms with Gasteiger partial charge in [0.25, 0.3) is 0 Å². The number of para-hydroxylation sites is 1. The van der Waals surface area contributed by atoms with Crippen LogP contribution in [-0.2, 0) is 11.2 Å². The van der Waals surface area contributed by atoms with Gasteiger partial charge >= 0.3 is 6.18 Å². The van der Waals surface area contributed by atoms with Crippen LogP contribution in [0.15, 0.2) is 29.3 Å². The van der Waals surface area contributed by atoms with E-state index in [9.17, 15) is 18.0 Å². The second-order valence-corrected chi connectivity index (χ2v) is 7.10. The second-order valence-electron chi connectivity index (χ2n) is 7.10. The summed E-state index contributed by atoms with van der Waals surface area (Å²) in [5.41, 5.74) is 2.08. The number of carbonyl (C=O) groups excluding carboxylic acids is 1. The van der Waals surface area contributed by atoms with Gasteiger partial charge in [0, 0.05) is 37.9 Å². The molecule has 0 aliphatic carbocycles. The molecule has 0 radical (unpaired) electrons. The third-order valence-corrected chi connectivity index (χ3v) is 4.92. The molecular formula is C19H27F3IN5O. The Bertz CT molecular complexity index is 728. The number of amides is 1. The molecule has 162 valence electrons. The van der Waals surface area contributed by atoms with Gasteiger partial charge in [0.2, 0.25) is 5.91 Å². The van der Waals surface area contributed by atoms with Gasteiger partial charge in [-0.3, -0.25) is 9.69 Å². The summed E-state index contributed by atoms with van der Waals surface area (Å²) in [6.45, 7) is 2.93. The summed E-state index contributed by atoms with van der Waals surface area (Å²) >= 11 is 0. The van der Waals surface area contributed by atoms with E-state index < -0.39 is 12.7 Å². The van der Waals surface area contributed by atoms with Gasteiger partial charge in [-0.25, -0.2) is 4.99 Å². The highest BCUT2D eigenvalue weighted by Gasteiger charge is 2.34. The fourth-order valence-corrected chi connectivity index (χ4v) is 3.69. The molecule has 0 spiro atoms. The van der Waals surface area contributed by atoms with E-state index in [1.165, 1.54) is 4.90 Å². The molecule has 10 heteroatoms. The van der Waals surface area contributed by atoms with Crippen LogP contribution in [0.4, 0.5) is 18.9 Å². The number of guanidine groups is 1. The molecule has 2 heterocycles. The number of nitrogens with one attached hydrogen (secondary N) is 2. The third-order valence-electron chi connectivity index (χ3n) is 4.92. The van der Waals surface area contributed by atoms with Crippen LogP contribution in [0, 0.1) is 0 Å². The van der Waals surface area contributed by atoms with Crippen LogP contribution >= 0.6 is 24.0 Å². The van der Waals surface area contributed by atoms with Crippen molar-refractivity contribution in [1.82, 2.24) is 15.5 Å². The normalized spacial score (nSPS) is 19.7. The Morgan fingerprint density at radius 3 is 2.76 bits per heavy atom. The Labute approximate surface area is 185 Å². The number of carbonyl (C=O) groups is 1. The molecule has 0 saturated carbocycles. The first kappa shape index (κ1) is 23.7. The molecule has 1 fully saturated rings. The maximum Gasteiger partial charge on any atom is 0.401 e. The minimum absolute atomic E-state index is 0. The number of aliphatic imine (C=N–C) groups is 1. The number of nitrogens with zero attached hydrogens (tertiary/aromatic N) is 3. The standard InChI is InChI=1S/C19H26F3N5O.HI/c1-2-23-18(25-15-8-9-26(12-15)13-19(20,21)22)24-11-17(28)27-10-7-14-5-3-4-6-16(14)27;/h3-6,15H,2,7-13H2,1H3,(H2,23,24,25);1H. The van der Waals surface area contributed by atoms with E-state index in [-0.39, 0.29) is 42.5 Å². The SMILES string of the molecule is CCNC(=NCC(=O)N1CCc2ccccc21)NC1CCN(CC(F)(F)F)C1.I. The summed E-state index contributed by atoms with van der Waals surface area (Å²) in [6, 6.07) is 7.70. The molecule has 1 atom stereocenters. The van der Waals surface area contributed by atoms with E-state index in [4.69, 9.17) is 0 Å². The van der Waals surface area contributed by atoms with Gasteiger partial charge < -0.3 is 15.5 Å². The van der Waals surface area contributed by atoms with Crippen molar-refractivity contribution in [2.24, 2.45) is 4.99 Å². The van der Waals surface area contributed by atoms with Crippen LogP contribution in [0.3, 0.4) is 0 Å². The number of halogens is 4. The number of hydrogen-bond acceptors (Lipinski definition) is 3. The van der Waals surface area contributed by atoms with Crippen molar-refractivity contribution in [2.75, 3.05) is 44.2 Å². The van der Waals surface area contributed by atoms with E-state index in [0.29, 0.717) is 38.6 Å². The fraction of sp³-hybridized carbons (Fsp3) is 0.579. The van der Waals surface area contributed by atoms with Crippen molar-refractivity contribution in [3.8, 4) is 0 Å². The lowest BCUT2D eigenvalue weighted by atomic mass is 10.2. The van der Waals surface area contributed by atoms with Crippen molar-refractivity contribution in [1.29, 1.82) is 0 Å². The zero-order chi connectivity index (χ0) is 20.1. The molecule has 6 nitrogen and oxygen atoms in total. The Kier molecular flexibility index (Phi) is 8.56. The van der Waals surface area contributed by atoms with Crippen LogP contribution in [0.1, 0.15) is 18.9 Å². The summed E-state index contributed by atoms with van der Waals surface area (Å²) in [5, 5.41) is 6.22. The Balaban J connectivity index is 0.00000300. The lowest BCUT2D eigenvalue weighted by Gasteiger charge is -2.20. The lowest BCUT2D eigenvalue weighted by molar-refractivity contribution is -0.143. The molecule has 1 aromatic carbocycles. The van der Waals surface area contributed by atoms with E-state index in [1.54, 1.807) is 4.90 Å². The minimum atomic E-state index is -4.19. The van der Waals surface area contributed by atoms with Crippen molar-refractivity contribution in [2.45, 2.75) is 32.0 Å². The Morgan fingerprint density at radius 2 is 2.03 bits per heavy atom. The number of fused-ring (bicyclic) bond motifs is 1. The Hall–Kier alpha value is -1.56. The molecule has 2 N–H and O–H groups in total. The molecule has 0 bridgehead atoms.